The Labute approximate surface area is 254 Å². The first-order chi connectivity index (χ1) is 21.4. The maximum absolute atomic E-state index is 13.3. The average molecular weight is 589 g/mol. The summed E-state index contributed by atoms with van der Waals surface area (Å²) in [5, 5.41) is 17.8. The first-order valence-electron chi connectivity index (χ1n) is 14.7. The number of imidazole rings is 1. The number of H-pyrrole nitrogens is 1. The van der Waals surface area contributed by atoms with Crippen molar-refractivity contribution in [2.75, 3.05) is 23.7 Å². The van der Waals surface area contributed by atoms with E-state index >= 15 is 0 Å². The SMILES string of the molecule is O=C1Nc2ccc([N+](=O)[O-])cc2/C1=C(/Nc1ccc(/C=C/c2c[nH]cn2)cc1)c1ccc(CCCN2CCCCC2=O)cc1. The van der Waals surface area contributed by atoms with Crippen LogP contribution in [0.4, 0.5) is 17.1 Å². The molecule has 0 aliphatic carbocycles. The molecule has 0 atom stereocenters. The fourth-order valence-corrected chi connectivity index (χ4v) is 5.57. The fraction of sp³-hybridized carbons (Fsp3) is 0.206. The highest BCUT2D eigenvalue weighted by Gasteiger charge is 2.30. The van der Waals surface area contributed by atoms with Gasteiger partial charge in [-0.15, -0.1) is 0 Å². The molecule has 2 amide bonds. The van der Waals surface area contributed by atoms with E-state index in [9.17, 15) is 19.7 Å². The number of likely N-dealkylation sites (tertiary alicyclic amines) is 1. The summed E-state index contributed by atoms with van der Waals surface area (Å²) in [5.74, 6) is -0.0946. The Hall–Kier alpha value is -5.51. The van der Waals surface area contributed by atoms with Gasteiger partial charge in [0.2, 0.25) is 5.91 Å². The Balaban J connectivity index is 1.28. The van der Waals surface area contributed by atoms with Gasteiger partial charge in [0.15, 0.2) is 0 Å². The zero-order valence-corrected chi connectivity index (χ0v) is 24.1. The maximum Gasteiger partial charge on any atom is 0.270 e. The van der Waals surface area contributed by atoms with Crippen molar-refractivity contribution in [3.8, 4) is 0 Å². The smallest absolute Gasteiger partial charge is 0.270 e. The van der Waals surface area contributed by atoms with Crippen LogP contribution in [0.5, 0.6) is 0 Å². The molecule has 0 radical (unpaired) electrons. The van der Waals surface area contributed by atoms with Gasteiger partial charge < -0.3 is 20.5 Å². The van der Waals surface area contributed by atoms with Gasteiger partial charge in [-0.1, -0.05) is 42.5 Å². The Morgan fingerprint density at radius 3 is 2.57 bits per heavy atom. The predicted molar refractivity (Wildman–Crippen MR) is 171 cm³/mol. The first-order valence-corrected chi connectivity index (χ1v) is 14.7. The number of nitrogens with one attached hydrogen (secondary N) is 3. The highest BCUT2D eigenvalue weighted by molar-refractivity contribution is 6.37. The minimum Gasteiger partial charge on any atom is -0.354 e. The van der Waals surface area contributed by atoms with Crippen molar-refractivity contribution in [2.45, 2.75) is 32.1 Å². The fourth-order valence-electron chi connectivity index (χ4n) is 5.57. The van der Waals surface area contributed by atoms with E-state index in [1.165, 1.54) is 12.1 Å². The second-order valence-electron chi connectivity index (χ2n) is 10.9. The summed E-state index contributed by atoms with van der Waals surface area (Å²) >= 11 is 0. The minimum atomic E-state index is -0.463. The van der Waals surface area contributed by atoms with Crippen molar-refractivity contribution in [1.82, 2.24) is 14.9 Å². The number of piperidine rings is 1. The van der Waals surface area contributed by atoms with Gasteiger partial charge in [-0.2, -0.15) is 0 Å². The van der Waals surface area contributed by atoms with Crippen LogP contribution < -0.4 is 10.6 Å². The molecule has 1 aromatic heterocycles. The van der Waals surface area contributed by atoms with Gasteiger partial charge in [0.1, 0.15) is 0 Å². The molecule has 44 heavy (non-hydrogen) atoms. The Morgan fingerprint density at radius 2 is 1.84 bits per heavy atom. The van der Waals surface area contributed by atoms with Crippen molar-refractivity contribution in [3.05, 3.63) is 117 Å². The van der Waals surface area contributed by atoms with Crippen molar-refractivity contribution < 1.29 is 14.5 Å². The molecule has 0 bridgehead atoms. The van der Waals surface area contributed by atoms with Crippen LogP contribution in [0.15, 0.2) is 79.3 Å². The molecule has 6 rings (SSSR count). The molecule has 0 saturated carbocycles. The summed E-state index contributed by atoms with van der Waals surface area (Å²) in [6, 6.07) is 20.1. The second-order valence-corrected chi connectivity index (χ2v) is 10.9. The molecule has 3 heterocycles. The maximum atomic E-state index is 13.3. The van der Waals surface area contributed by atoms with Crippen molar-refractivity contribution in [3.63, 3.8) is 0 Å². The van der Waals surface area contributed by atoms with Gasteiger partial charge in [-0.3, -0.25) is 19.7 Å². The van der Waals surface area contributed by atoms with Gasteiger partial charge in [0, 0.05) is 54.8 Å². The van der Waals surface area contributed by atoms with Crippen LogP contribution in [0.3, 0.4) is 0 Å². The molecule has 10 heteroatoms. The third kappa shape index (κ3) is 6.44. The van der Waals surface area contributed by atoms with E-state index in [1.54, 1.807) is 18.6 Å². The van der Waals surface area contributed by atoms with Gasteiger partial charge in [0.25, 0.3) is 11.6 Å². The van der Waals surface area contributed by atoms with E-state index < -0.39 is 4.92 Å². The summed E-state index contributed by atoms with van der Waals surface area (Å²) in [4.78, 5) is 45.6. The number of rotatable bonds is 10. The lowest BCUT2D eigenvalue weighted by Crippen LogP contribution is -2.36. The standard InChI is InChI=1S/C34H32N6O4/c41-31-5-1-2-18-39(31)19-3-4-23-6-11-25(12-7-23)33(32-29-20-28(40(43)44)16-17-30(29)38-34(32)42)37-26-13-8-24(9-14-26)10-15-27-21-35-22-36-27/h6-17,20-22,37H,1-5,18-19H2,(H,35,36)(H,38,42)/b15-10+,33-32-. The lowest BCUT2D eigenvalue weighted by molar-refractivity contribution is -0.384. The van der Waals surface area contributed by atoms with Gasteiger partial charge in [-0.25, -0.2) is 4.98 Å². The van der Waals surface area contributed by atoms with Gasteiger partial charge in [-0.05, 0) is 66.6 Å². The molecule has 0 unspecified atom stereocenters. The number of nitro benzene ring substituents is 1. The van der Waals surface area contributed by atoms with Crippen LogP contribution in [0, 0.1) is 10.1 Å². The van der Waals surface area contributed by atoms with Gasteiger partial charge >= 0.3 is 0 Å². The number of hydrogen-bond donors (Lipinski definition) is 3. The van der Waals surface area contributed by atoms with E-state index in [4.69, 9.17) is 0 Å². The topological polar surface area (TPSA) is 133 Å². The van der Waals surface area contributed by atoms with Crippen LogP contribution >= 0.6 is 0 Å². The molecule has 1 fully saturated rings. The lowest BCUT2D eigenvalue weighted by Gasteiger charge is -2.26. The summed E-state index contributed by atoms with van der Waals surface area (Å²) in [7, 11) is 0. The van der Waals surface area contributed by atoms with Crippen LogP contribution in [0.25, 0.3) is 23.4 Å². The molecule has 3 N–H and O–H groups in total. The number of amides is 2. The van der Waals surface area contributed by atoms with Crippen molar-refractivity contribution in [1.29, 1.82) is 0 Å². The molecular formula is C34H32N6O4. The quantitative estimate of drug-likeness (QED) is 0.112. The number of non-ortho nitro benzene ring substituents is 1. The molecule has 2 aliphatic heterocycles. The number of hydrogen-bond acceptors (Lipinski definition) is 6. The summed E-state index contributed by atoms with van der Waals surface area (Å²) in [6.45, 7) is 1.59. The van der Waals surface area contributed by atoms with E-state index in [-0.39, 0.29) is 17.5 Å². The monoisotopic (exact) mass is 588 g/mol. The van der Waals surface area contributed by atoms with Crippen LogP contribution in [-0.4, -0.2) is 44.7 Å². The summed E-state index contributed by atoms with van der Waals surface area (Å²) in [5.41, 5.74) is 6.24. The Kier molecular flexibility index (Phi) is 8.31. The van der Waals surface area contributed by atoms with Crippen molar-refractivity contribution in [2.24, 2.45) is 0 Å². The second kappa shape index (κ2) is 12.8. The third-order valence-corrected chi connectivity index (χ3v) is 7.91. The van der Waals surface area contributed by atoms with Crippen LogP contribution in [0.2, 0.25) is 0 Å². The molecule has 0 spiro atoms. The number of anilines is 2. The normalized spacial score (nSPS) is 15.8. The number of carbonyl (C=O) groups is 2. The van der Waals surface area contributed by atoms with E-state index in [0.29, 0.717) is 28.9 Å². The number of carbonyl (C=O) groups excluding carboxylic acids is 2. The lowest BCUT2D eigenvalue weighted by atomic mass is 9.98. The van der Waals surface area contributed by atoms with Crippen LogP contribution in [0.1, 0.15) is 53.6 Å². The summed E-state index contributed by atoms with van der Waals surface area (Å²) < 4.78 is 0. The molecule has 1 saturated heterocycles. The number of fused-ring (bicyclic) bond motifs is 1. The molecule has 4 aromatic rings. The molecule has 222 valence electrons. The van der Waals surface area contributed by atoms with Crippen molar-refractivity contribution >= 4 is 52.3 Å². The largest absolute Gasteiger partial charge is 0.354 e. The zero-order chi connectivity index (χ0) is 30.5. The molecule has 2 aliphatic rings. The third-order valence-electron chi connectivity index (χ3n) is 7.91. The first kappa shape index (κ1) is 28.6. The Bertz CT molecular complexity index is 1740. The minimum absolute atomic E-state index is 0.0901. The molecule has 3 aromatic carbocycles. The number of aromatic nitrogens is 2. The number of nitrogens with zero attached hydrogens (tertiary/aromatic N) is 3. The predicted octanol–water partition coefficient (Wildman–Crippen LogP) is 6.37. The van der Waals surface area contributed by atoms with E-state index in [2.05, 4.69) is 20.6 Å². The molecule has 10 nitrogen and oxygen atoms in total. The molecular weight excluding hydrogens is 556 g/mol. The summed E-state index contributed by atoms with van der Waals surface area (Å²) in [6.07, 6.45) is 11.7. The Morgan fingerprint density at radius 1 is 1.02 bits per heavy atom. The highest BCUT2D eigenvalue weighted by Crippen LogP contribution is 2.39. The average Bonchev–Trinajstić information content (AvgIpc) is 3.67. The van der Waals surface area contributed by atoms with E-state index in [0.717, 1.165) is 66.8 Å². The number of aryl methyl sites for hydroxylation is 1. The highest BCUT2D eigenvalue weighted by atomic mass is 16.6. The van der Waals surface area contributed by atoms with E-state index in [1.807, 2.05) is 65.6 Å². The van der Waals surface area contributed by atoms with Gasteiger partial charge in [0.05, 0.1) is 28.2 Å². The number of benzene rings is 3. The van der Waals surface area contributed by atoms with Crippen LogP contribution in [-0.2, 0) is 16.0 Å². The zero-order valence-electron chi connectivity index (χ0n) is 24.1. The number of nitro groups is 1. The number of aromatic amines is 1.